The van der Waals surface area contributed by atoms with E-state index in [4.69, 9.17) is 0 Å². The summed E-state index contributed by atoms with van der Waals surface area (Å²) in [4.78, 5) is 2.54. The third kappa shape index (κ3) is 2.26. The van der Waals surface area contributed by atoms with Gasteiger partial charge in [-0.05, 0) is 19.8 Å². The molecule has 0 aromatic heterocycles. The molecule has 2 nitrogen and oxygen atoms in total. The summed E-state index contributed by atoms with van der Waals surface area (Å²) < 4.78 is 0. The summed E-state index contributed by atoms with van der Waals surface area (Å²) in [6, 6.07) is 1.12. The molecule has 14 heavy (non-hydrogen) atoms. The normalized spacial score (nSPS) is 41.1. The Labute approximate surface area is 91.1 Å². The molecule has 1 aliphatic carbocycles. The first-order valence-electron chi connectivity index (χ1n) is 5.80. The fraction of sp³-hybridized carbons (Fsp3) is 1.00. The maximum atomic E-state index is 9.99. The molecule has 3 unspecified atom stereocenters. The van der Waals surface area contributed by atoms with E-state index < -0.39 is 0 Å². The molecule has 0 radical (unpaired) electrons. The van der Waals surface area contributed by atoms with Gasteiger partial charge in [0.15, 0.2) is 0 Å². The molecule has 2 rings (SSSR count). The molecule has 2 fully saturated rings. The molecule has 3 heteroatoms. The van der Waals surface area contributed by atoms with E-state index in [0.29, 0.717) is 12.1 Å². The lowest BCUT2D eigenvalue weighted by molar-refractivity contribution is 0.00762. The lowest BCUT2D eigenvalue weighted by Crippen LogP contribution is -2.52. The zero-order valence-electron chi connectivity index (χ0n) is 8.98. The van der Waals surface area contributed by atoms with Crippen LogP contribution in [0.4, 0.5) is 0 Å². The van der Waals surface area contributed by atoms with E-state index in [1.165, 1.54) is 37.3 Å². The molecule has 0 spiro atoms. The van der Waals surface area contributed by atoms with Gasteiger partial charge in [0, 0.05) is 30.1 Å². The number of rotatable bonds is 1. The Balaban J connectivity index is 1.96. The van der Waals surface area contributed by atoms with Crippen molar-refractivity contribution in [3.8, 4) is 0 Å². The number of nitrogens with zero attached hydrogens (tertiary/aromatic N) is 1. The van der Waals surface area contributed by atoms with Crippen LogP contribution < -0.4 is 0 Å². The fourth-order valence-electron chi connectivity index (χ4n) is 2.71. The summed E-state index contributed by atoms with van der Waals surface area (Å²) in [7, 11) is 0. The van der Waals surface area contributed by atoms with E-state index in [2.05, 4.69) is 11.8 Å². The number of aliphatic hydroxyl groups excluding tert-OH is 1. The zero-order chi connectivity index (χ0) is 9.97. The van der Waals surface area contributed by atoms with Gasteiger partial charge >= 0.3 is 0 Å². The molecule has 0 aromatic carbocycles. The molecule has 0 bridgehead atoms. The van der Waals surface area contributed by atoms with Crippen molar-refractivity contribution in [2.24, 2.45) is 0 Å². The summed E-state index contributed by atoms with van der Waals surface area (Å²) in [5.41, 5.74) is 0. The average molecular weight is 215 g/mol. The molecule has 0 aromatic rings. The number of hydrogen-bond acceptors (Lipinski definition) is 3. The van der Waals surface area contributed by atoms with E-state index in [1.807, 2.05) is 11.8 Å². The Morgan fingerprint density at radius 3 is 2.79 bits per heavy atom. The van der Waals surface area contributed by atoms with Gasteiger partial charge in [-0.25, -0.2) is 0 Å². The first-order chi connectivity index (χ1) is 6.79. The van der Waals surface area contributed by atoms with Gasteiger partial charge in [-0.15, -0.1) is 0 Å². The summed E-state index contributed by atoms with van der Waals surface area (Å²) in [6.07, 6.45) is 4.68. The SMILES string of the molecule is CC1CSCCN1C1CCCCC1O. The second kappa shape index (κ2) is 4.86. The van der Waals surface area contributed by atoms with Crippen LogP contribution in [0.3, 0.4) is 0 Å². The maximum Gasteiger partial charge on any atom is 0.0695 e. The standard InChI is InChI=1S/C11H21NOS/c1-9-8-14-7-6-12(9)10-4-2-3-5-11(10)13/h9-11,13H,2-8H2,1H3. The van der Waals surface area contributed by atoms with Crippen LogP contribution in [0.25, 0.3) is 0 Å². The van der Waals surface area contributed by atoms with Crippen molar-refractivity contribution in [1.82, 2.24) is 4.90 Å². The van der Waals surface area contributed by atoms with Gasteiger partial charge in [0.1, 0.15) is 0 Å². The van der Waals surface area contributed by atoms with Crippen LogP contribution in [0.1, 0.15) is 32.6 Å². The largest absolute Gasteiger partial charge is 0.391 e. The molecule has 1 saturated carbocycles. The van der Waals surface area contributed by atoms with Crippen molar-refractivity contribution in [2.45, 2.75) is 50.8 Å². The Morgan fingerprint density at radius 2 is 2.07 bits per heavy atom. The minimum absolute atomic E-state index is 0.0608. The summed E-state index contributed by atoms with van der Waals surface area (Å²) >= 11 is 2.05. The maximum absolute atomic E-state index is 9.99. The van der Waals surface area contributed by atoms with Crippen LogP contribution in [0, 0.1) is 0 Å². The van der Waals surface area contributed by atoms with Gasteiger partial charge in [-0.1, -0.05) is 12.8 Å². The zero-order valence-corrected chi connectivity index (χ0v) is 9.80. The van der Waals surface area contributed by atoms with Gasteiger partial charge < -0.3 is 5.11 Å². The van der Waals surface area contributed by atoms with Crippen LogP contribution in [0.15, 0.2) is 0 Å². The molecule has 1 aliphatic heterocycles. The molecule has 3 atom stereocenters. The van der Waals surface area contributed by atoms with Crippen molar-refractivity contribution in [3.63, 3.8) is 0 Å². The van der Waals surface area contributed by atoms with Crippen LogP contribution in [-0.2, 0) is 0 Å². The predicted molar refractivity (Wildman–Crippen MR) is 61.8 cm³/mol. The van der Waals surface area contributed by atoms with Crippen molar-refractivity contribution in [1.29, 1.82) is 0 Å². The number of hydrogen-bond donors (Lipinski definition) is 1. The van der Waals surface area contributed by atoms with Gasteiger partial charge in [0.2, 0.25) is 0 Å². The van der Waals surface area contributed by atoms with Gasteiger partial charge in [-0.3, -0.25) is 4.90 Å². The summed E-state index contributed by atoms with van der Waals surface area (Å²) in [6.45, 7) is 3.47. The molecule has 2 aliphatic rings. The van der Waals surface area contributed by atoms with Crippen molar-refractivity contribution in [3.05, 3.63) is 0 Å². The third-order valence-corrected chi connectivity index (χ3v) is 4.73. The first-order valence-corrected chi connectivity index (χ1v) is 6.96. The van der Waals surface area contributed by atoms with Crippen LogP contribution in [0.5, 0.6) is 0 Å². The Kier molecular flexibility index (Phi) is 3.74. The monoisotopic (exact) mass is 215 g/mol. The highest BCUT2D eigenvalue weighted by Crippen LogP contribution is 2.27. The molecule has 82 valence electrons. The highest BCUT2D eigenvalue weighted by atomic mass is 32.2. The van der Waals surface area contributed by atoms with E-state index in [0.717, 1.165) is 6.42 Å². The molecule has 1 heterocycles. The van der Waals surface area contributed by atoms with Crippen molar-refractivity contribution in [2.75, 3.05) is 18.1 Å². The Bertz CT molecular complexity index is 168. The number of aliphatic hydroxyl groups is 1. The first kappa shape index (κ1) is 10.8. The average Bonchev–Trinajstić information content (AvgIpc) is 2.20. The smallest absolute Gasteiger partial charge is 0.0695 e. The summed E-state index contributed by atoms with van der Waals surface area (Å²) in [5.74, 6) is 2.48. The molecular weight excluding hydrogens is 194 g/mol. The Hall–Kier alpha value is 0.270. The van der Waals surface area contributed by atoms with Gasteiger partial charge in [0.05, 0.1) is 6.10 Å². The van der Waals surface area contributed by atoms with Gasteiger partial charge in [-0.2, -0.15) is 11.8 Å². The highest BCUT2D eigenvalue weighted by Gasteiger charge is 2.32. The van der Waals surface area contributed by atoms with E-state index in [9.17, 15) is 5.11 Å². The van der Waals surface area contributed by atoms with Crippen LogP contribution in [-0.4, -0.2) is 46.2 Å². The Morgan fingerprint density at radius 1 is 1.29 bits per heavy atom. The quantitative estimate of drug-likeness (QED) is 0.720. The van der Waals surface area contributed by atoms with E-state index in [-0.39, 0.29) is 6.10 Å². The van der Waals surface area contributed by atoms with Gasteiger partial charge in [0.25, 0.3) is 0 Å². The predicted octanol–water partition coefficient (Wildman–Crippen LogP) is 1.73. The van der Waals surface area contributed by atoms with Crippen molar-refractivity contribution < 1.29 is 5.11 Å². The van der Waals surface area contributed by atoms with Crippen molar-refractivity contribution >= 4 is 11.8 Å². The van der Waals surface area contributed by atoms with E-state index >= 15 is 0 Å². The van der Waals surface area contributed by atoms with E-state index in [1.54, 1.807) is 0 Å². The molecule has 1 N–H and O–H groups in total. The fourth-order valence-corrected chi connectivity index (χ4v) is 3.75. The molecule has 0 amide bonds. The third-order valence-electron chi connectivity index (χ3n) is 3.54. The lowest BCUT2D eigenvalue weighted by Gasteiger charge is -2.43. The minimum atomic E-state index is -0.0608. The number of thioether (sulfide) groups is 1. The second-order valence-corrected chi connectivity index (χ2v) is 5.73. The topological polar surface area (TPSA) is 23.5 Å². The van der Waals surface area contributed by atoms with Crippen LogP contribution >= 0.6 is 11.8 Å². The molecular formula is C11H21NOS. The lowest BCUT2D eigenvalue weighted by atomic mass is 9.90. The van der Waals surface area contributed by atoms with Crippen LogP contribution in [0.2, 0.25) is 0 Å². The second-order valence-electron chi connectivity index (χ2n) is 4.58. The summed E-state index contributed by atoms with van der Waals surface area (Å²) in [5, 5.41) is 9.99. The minimum Gasteiger partial charge on any atom is -0.391 e. The molecule has 1 saturated heterocycles. The highest BCUT2D eigenvalue weighted by molar-refractivity contribution is 7.99.